The molecule has 6 heteroatoms. The molecule has 78 valence electrons. The van der Waals surface area contributed by atoms with Crippen LogP contribution in [0.3, 0.4) is 0 Å². The first-order valence-corrected chi connectivity index (χ1v) is 6.20. The number of nitrogens with zero attached hydrogens (tertiary/aromatic N) is 1. The molecule has 1 fully saturated rings. The van der Waals surface area contributed by atoms with Crippen LogP contribution in [-0.4, -0.2) is 31.7 Å². The van der Waals surface area contributed by atoms with Gasteiger partial charge in [-0.2, -0.15) is 0 Å². The fraction of sp³-hybridized carbons (Fsp3) is 0.625. The Bertz CT molecular complexity index is 383. The Labute approximate surface area is 82.0 Å². The van der Waals surface area contributed by atoms with Crippen molar-refractivity contribution < 1.29 is 17.7 Å². The maximum absolute atomic E-state index is 11.1. The molecule has 2 rings (SSSR count). The van der Waals surface area contributed by atoms with Crippen LogP contribution in [0.15, 0.2) is 17.0 Å². The predicted octanol–water partition coefficient (Wildman–Crippen LogP) is 0.488. The van der Waals surface area contributed by atoms with E-state index in [1.807, 2.05) is 0 Å². The summed E-state index contributed by atoms with van der Waals surface area (Å²) in [5.74, 6) is 1.17. The zero-order chi connectivity index (χ0) is 10.0. The van der Waals surface area contributed by atoms with Gasteiger partial charge in [-0.25, -0.2) is 8.42 Å². The average Bonchev–Trinajstić information content (AvgIpc) is 2.70. The van der Waals surface area contributed by atoms with Crippen LogP contribution in [0.1, 0.15) is 6.42 Å². The second kappa shape index (κ2) is 3.61. The van der Waals surface area contributed by atoms with Crippen LogP contribution in [0, 0.1) is 5.92 Å². The summed E-state index contributed by atoms with van der Waals surface area (Å²) in [4.78, 5) is 0. The Balaban J connectivity index is 1.83. The van der Waals surface area contributed by atoms with Crippen LogP contribution < -0.4 is 4.74 Å². The molecule has 2 heterocycles. The summed E-state index contributed by atoms with van der Waals surface area (Å²) in [6.07, 6.45) is 3.54. The van der Waals surface area contributed by atoms with Crippen LogP contribution in [0.2, 0.25) is 0 Å². The quantitative estimate of drug-likeness (QED) is 0.736. The highest BCUT2D eigenvalue weighted by Gasteiger charge is 2.28. The smallest absolute Gasteiger partial charge is 0.178 e. The first-order chi connectivity index (χ1) is 6.66. The summed E-state index contributed by atoms with van der Waals surface area (Å²) in [6.45, 7) is 0.417. The summed E-state index contributed by atoms with van der Waals surface area (Å²) in [7, 11) is -2.81. The van der Waals surface area contributed by atoms with Gasteiger partial charge < -0.3 is 9.26 Å². The molecule has 0 bridgehead atoms. The third-order valence-electron chi connectivity index (χ3n) is 2.22. The average molecular weight is 217 g/mol. The third-order valence-corrected chi connectivity index (χ3v) is 4.06. The van der Waals surface area contributed by atoms with Crippen molar-refractivity contribution in [2.75, 3.05) is 18.1 Å². The fourth-order valence-corrected chi connectivity index (χ4v) is 3.32. The summed E-state index contributed by atoms with van der Waals surface area (Å²) in [5, 5.41) is 3.48. The second-order valence-electron chi connectivity index (χ2n) is 3.44. The van der Waals surface area contributed by atoms with Crippen LogP contribution >= 0.6 is 0 Å². The van der Waals surface area contributed by atoms with Crippen LogP contribution in [0.25, 0.3) is 0 Å². The molecule has 1 aromatic rings. The van der Waals surface area contributed by atoms with E-state index in [0.717, 1.165) is 0 Å². The van der Waals surface area contributed by atoms with Crippen LogP contribution in [0.4, 0.5) is 0 Å². The maximum atomic E-state index is 11.1. The molecule has 0 saturated carbocycles. The fourth-order valence-electron chi connectivity index (χ4n) is 1.48. The zero-order valence-corrected chi connectivity index (χ0v) is 8.37. The third kappa shape index (κ3) is 2.25. The first kappa shape index (κ1) is 9.51. The van der Waals surface area contributed by atoms with Gasteiger partial charge >= 0.3 is 0 Å². The van der Waals surface area contributed by atoms with Gasteiger partial charge in [0.25, 0.3) is 0 Å². The van der Waals surface area contributed by atoms with Gasteiger partial charge in [-0.1, -0.05) is 5.16 Å². The van der Waals surface area contributed by atoms with E-state index in [4.69, 9.17) is 4.74 Å². The minimum Gasteiger partial charge on any atom is -0.488 e. The van der Waals surface area contributed by atoms with Crippen LogP contribution in [-0.2, 0) is 9.84 Å². The molecule has 0 aromatic carbocycles. The highest BCUT2D eigenvalue weighted by atomic mass is 32.2. The molecule has 0 N–H and O–H groups in total. The Kier molecular flexibility index (Phi) is 2.45. The molecule has 1 aromatic heterocycles. The van der Waals surface area contributed by atoms with E-state index >= 15 is 0 Å². The minimum atomic E-state index is -2.81. The Morgan fingerprint density at radius 3 is 3.07 bits per heavy atom. The van der Waals surface area contributed by atoms with Crippen molar-refractivity contribution in [2.45, 2.75) is 6.42 Å². The van der Waals surface area contributed by atoms with Crippen molar-refractivity contribution in [3.05, 3.63) is 12.5 Å². The lowest BCUT2D eigenvalue weighted by Crippen LogP contribution is -2.13. The van der Waals surface area contributed by atoms with E-state index < -0.39 is 9.84 Å². The molecule has 1 aliphatic rings. The molecule has 0 aliphatic carbocycles. The SMILES string of the molecule is O=S1(=O)CCC(COc2cnoc2)C1. The Morgan fingerprint density at radius 2 is 2.50 bits per heavy atom. The second-order valence-corrected chi connectivity index (χ2v) is 5.67. The number of ether oxygens (including phenoxy) is 1. The lowest BCUT2D eigenvalue weighted by molar-refractivity contribution is 0.260. The molecule has 1 aliphatic heterocycles. The first-order valence-electron chi connectivity index (χ1n) is 4.38. The van der Waals surface area contributed by atoms with E-state index in [9.17, 15) is 8.42 Å². The molecule has 0 radical (unpaired) electrons. The van der Waals surface area contributed by atoms with Crippen molar-refractivity contribution in [1.82, 2.24) is 5.16 Å². The van der Waals surface area contributed by atoms with Gasteiger partial charge in [0.15, 0.2) is 21.8 Å². The molecule has 1 saturated heterocycles. The van der Waals surface area contributed by atoms with Gasteiger partial charge in [0.1, 0.15) is 6.20 Å². The van der Waals surface area contributed by atoms with Gasteiger partial charge in [0.2, 0.25) is 0 Å². The van der Waals surface area contributed by atoms with E-state index in [1.54, 1.807) is 0 Å². The Hall–Kier alpha value is -1.04. The molecule has 0 amide bonds. The largest absolute Gasteiger partial charge is 0.488 e. The van der Waals surface area contributed by atoms with E-state index in [1.165, 1.54) is 12.5 Å². The van der Waals surface area contributed by atoms with Gasteiger partial charge in [-0.05, 0) is 6.42 Å². The highest BCUT2D eigenvalue weighted by Crippen LogP contribution is 2.19. The summed E-state index contributed by atoms with van der Waals surface area (Å²) >= 11 is 0. The van der Waals surface area contributed by atoms with E-state index in [0.29, 0.717) is 18.8 Å². The minimum absolute atomic E-state index is 0.106. The van der Waals surface area contributed by atoms with Crippen LogP contribution in [0.5, 0.6) is 5.75 Å². The van der Waals surface area contributed by atoms with Gasteiger partial charge in [0, 0.05) is 5.92 Å². The summed E-state index contributed by atoms with van der Waals surface area (Å²) < 4.78 is 32.1. The molecule has 1 unspecified atom stereocenters. The summed E-state index contributed by atoms with van der Waals surface area (Å²) in [5.41, 5.74) is 0. The molecular formula is C8H11NO4S. The number of hydrogen-bond donors (Lipinski definition) is 0. The standard InChI is InChI=1S/C8H11NO4S/c10-14(11)2-1-7(6-14)4-12-8-3-9-13-5-8/h3,5,7H,1-2,4,6H2. The van der Waals surface area contributed by atoms with Gasteiger partial charge in [-0.3, -0.25) is 0 Å². The number of aromatic nitrogens is 1. The number of rotatable bonds is 3. The van der Waals surface area contributed by atoms with Crippen molar-refractivity contribution >= 4 is 9.84 Å². The summed E-state index contributed by atoms with van der Waals surface area (Å²) in [6, 6.07) is 0. The molecular weight excluding hydrogens is 206 g/mol. The van der Waals surface area contributed by atoms with Gasteiger partial charge in [-0.15, -0.1) is 0 Å². The number of hydrogen-bond acceptors (Lipinski definition) is 5. The van der Waals surface area contributed by atoms with E-state index in [-0.39, 0.29) is 17.4 Å². The topological polar surface area (TPSA) is 69.4 Å². The van der Waals surface area contributed by atoms with Crippen molar-refractivity contribution in [1.29, 1.82) is 0 Å². The normalized spacial score (nSPS) is 25.0. The van der Waals surface area contributed by atoms with E-state index in [2.05, 4.69) is 9.68 Å². The molecule has 5 nitrogen and oxygen atoms in total. The van der Waals surface area contributed by atoms with Crippen molar-refractivity contribution in [3.8, 4) is 5.75 Å². The predicted molar refractivity (Wildman–Crippen MR) is 48.8 cm³/mol. The zero-order valence-electron chi connectivity index (χ0n) is 7.55. The highest BCUT2D eigenvalue weighted by molar-refractivity contribution is 7.91. The molecule has 14 heavy (non-hydrogen) atoms. The maximum Gasteiger partial charge on any atom is 0.178 e. The van der Waals surface area contributed by atoms with Gasteiger partial charge in [0.05, 0.1) is 18.1 Å². The monoisotopic (exact) mass is 217 g/mol. The lowest BCUT2D eigenvalue weighted by Gasteiger charge is -2.07. The lowest BCUT2D eigenvalue weighted by atomic mass is 10.1. The van der Waals surface area contributed by atoms with Crippen molar-refractivity contribution in [3.63, 3.8) is 0 Å². The molecule has 1 atom stereocenters. The molecule has 0 spiro atoms. The number of sulfone groups is 1. The Morgan fingerprint density at radius 1 is 1.64 bits per heavy atom. The van der Waals surface area contributed by atoms with Crippen molar-refractivity contribution in [2.24, 2.45) is 5.92 Å².